The maximum Gasteiger partial charge on any atom is 0.253 e. The van der Waals surface area contributed by atoms with Crippen LogP contribution in [0, 0.1) is 6.92 Å². The summed E-state index contributed by atoms with van der Waals surface area (Å²) in [6.45, 7) is 1.85. The number of carbonyl (C=O) groups is 2. The van der Waals surface area contributed by atoms with Gasteiger partial charge in [0.05, 0.1) is 23.0 Å². The Labute approximate surface area is 168 Å². The molecule has 2 N–H and O–H groups in total. The Balaban J connectivity index is 1.77. The molecule has 3 aromatic rings. The average Bonchev–Trinajstić information content (AvgIpc) is 2.68. The summed E-state index contributed by atoms with van der Waals surface area (Å²) in [5.41, 5.74) is 2.01. The van der Waals surface area contributed by atoms with Gasteiger partial charge in [-0.25, -0.2) is 4.98 Å². The van der Waals surface area contributed by atoms with Crippen LogP contribution in [0.1, 0.15) is 34.1 Å². The minimum Gasteiger partial charge on any atom is -0.345 e. The number of pyridine rings is 1. The SMILES string of the molecule is Cc1cccc(NC(=O)CC(NC(=O)c2ccccc2Cl)c2ccccc2)n1. The fraction of sp³-hybridized carbons (Fsp3) is 0.136. The monoisotopic (exact) mass is 393 g/mol. The number of hydrogen-bond acceptors (Lipinski definition) is 3. The van der Waals surface area contributed by atoms with Gasteiger partial charge in [0.15, 0.2) is 0 Å². The first kappa shape index (κ1) is 19.6. The highest BCUT2D eigenvalue weighted by Crippen LogP contribution is 2.21. The molecule has 1 unspecified atom stereocenters. The molecule has 0 aliphatic carbocycles. The van der Waals surface area contributed by atoms with Crippen molar-refractivity contribution in [3.63, 3.8) is 0 Å². The Morgan fingerprint density at radius 3 is 2.39 bits per heavy atom. The summed E-state index contributed by atoms with van der Waals surface area (Å²) in [7, 11) is 0. The van der Waals surface area contributed by atoms with Crippen LogP contribution < -0.4 is 10.6 Å². The quantitative estimate of drug-likeness (QED) is 0.645. The van der Waals surface area contributed by atoms with Crippen molar-refractivity contribution in [3.8, 4) is 0 Å². The molecule has 3 rings (SSSR count). The number of benzene rings is 2. The molecule has 1 heterocycles. The van der Waals surface area contributed by atoms with Gasteiger partial charge in [-0.2, -0.15) is 0 Å². The van der Waals surface area contributed by atoms with Crippen molar-refractivity contribution >= 4 is 29.2 Å². The van der Waals surface area contributed by atoms with E-state index in [2.05, 4.69) is 15.6 Å². The highest BCUT2D eigenvalue weighted by molar-refractivity contribution is 6.33. The van der Waals surface area contributed by atoms with Crippen molar-refractivity contribution in [2.24, 2.45) is 0 Å². The van der Waals surface area contributed by atoms with Gasteiger partial charge in [0.25, 0.3) is 5.91 Å². The molecule has 0 saturated carbocycles. The minimum atomic E-state index is -0.505. The molecular formula is C22H20ClN3O2. The summed E-state index contributed by atoms with van der Waals surface area (Å²) in [4.78, 5) is 29.5. The second-order valence-electron chi connectivity index (χ2n) is 6.33. The third-order valence-electron chi connectivity index (χ3n) is 4.17. The third kappa shape index (κ3) is 5.18. The summed E-state index contributed by atoms with van der Waals surface area (Å²) in [6.07, 6.45) is 0.0653. The summed E-state index contributed by atoms with van der Waals surface area (Å²) in [5, 5.41) is 6.06. The number of amides is 2. The highest BCUT2D eigenvalue weighted by Gasteiger charge is 2.20. The molecule has 1 atom stereocenters. The van der Waals surface area contributed by atoms with Crippen LogP contribution in [0.5, 0.6) is 0 Å². The number of halogens is 1. The predicted molar refractivity (Wildman–Crippen MR) is 110 cm³/mol. The minimum absolute atomic E-state index is 0.0653. The summed E-state index contributed by atoms with van der Waals surface area (Å²) < 4.78 is 0. The molecule has 0 spiro atoms. The fourth-order valence-corrected chi connectivity index (χ4v) is 3.03. The van der Waals surface area contributed by atoms with E-state index in [1.807, 2.05) is 49.4 Å². The van der Waals surface area contributed by atoms with Crippen LogP contribution >= 0.6 is 11.6 Å². The molecule has 28 heavy (non-hydrogen) atoms. The molecular weight excluding hydrogens is 374 g/mol. The van der Waals surface area contributed by atoms with Crippen molar-refractivity contribution in [1.82, 2.24) is 10.3 Å². The van der Waals surface area contributed by atoms with Crippen LogP contribution in [0.3, 0.4) is 0 Å². The lowest BCUT2D eigenvalue weighted by Gasteiger charge is -2.19. The van der Waals surface area contributed by atoms with Crippen molar-refractivity contribution < 1.29 is 9.59 Å². The normalized spacial score (nSPS) is 11.5. The van der Waals surface area contributed by atoms with Gasteiger partial charge < -0.3 is 10.6 Å². The molecule has 0 aliphatic heterocycles. The van der Waals surface area contributed by atoms with Gasteiger partial charge in [0.2, 0.25) is 5.91 Å². The van der Waals surface area contributed by atoms with E-state index in [1.165, 1.54) is 0 Å². The lowest BCUT2D eigenvalue weighted by molar-refractivity contribution is -0.116. The number of anilines is 1. The van der Waals surface area contributed by atoms with Gasteiger partial charge in [-0.05, 0) is 36.8 Å². The molecule has 142 valence electrons. The Morgan fingerprint density at radius 2 is 1.68 bits per heavy atom. The van der Waals surface area contributed by atoms with Gasteiger partial charge in [-0.15, -0.1) is 0 Å². The van der Waals surface area contributed by atoms with Gasteiger partial charge in [-0.3, -0.25) is 9.59 Å². The fourth-order valence-electron chi connectivity index (χ4n) is 2.81. The van der Waals surface area contributed by atoms with E-state index in [-0.39, 0.29) is 18.2 Å². The van der Waals surface area contributed by atoms with E-state index < -0.39 is 6.04 Å². The Morgan fingerprint density at radius 1 is 0.964 bits per heavy atom. The molecule has 6 heteroatoms. The van der Waals surface area contributed by atoms with E-state index in [1.54, 1.807) is 30.3 Å². The number of nitrogens with one attached hydrogen (secondary N) is 2. The van der Waals surface area contributed by atoms with Gasteiger partial charge >= 0.3 is 0 Å². The molecule has 1 aromatic heterocycles. The van der Waals surface area contributed by atoms with Gasteiger partial charge in [0.1, 0.15) is 5.82 Å². The van der Waals surface area contributed by atoms with Crippen LogP contribution in [0.25, 0.3) is 0 Å². The van der Waals surface area contributed by atoms with Gasteiger partial charge in [-0.1, -0.05) is 60.1 Å². The van der Waals surface area contributed by atoms with Crippen molar-refractivity contribution in [2.45, 2.75) is 19.4 Å². The van der Waals surface area contributed by atoms with Crippen molar-refractivity contribution in [1.29, 1.82) is 0 Å². The number of nitrogens with zero attached hydrogens (tertiary/aromatic N) is 1. The Hall–Kier alpha value is -3.18. The number of hydrogen-bond donors (Lipinski definition) is 2. The number of aromatic nitrogens is 1. The molecule has 0 fully saturated rings. The lowest BCUT2D eigenvalue weighted by atomic mass is 10.0. The summed E-state index contributed by atoms with van der Waals surface area (Å²) >= 11 is 6.13. The van der Waals surface area contributed by atoms with Crippen LogP contribution in [-0.2, 0) is 4.79 Å². The first-order chi connectivity index (χ1) is 13.5. The summed E-state index contributed by atoms with van der Waals surface area (Å²) in [5.74, 6) is -0.0958. The Bertz CT molecular complexity index is 976. The van der Waals surface area contributed by atoms with Crippen LogP contribution in [0.15, 0.2) is 72.8 Å². The van der Waals surface area contributed by atoms with Crippen LogP contribution in [0.4, 0.5) is 5.82 Å². The number of rotatable bonds is 6. The van der Waals surface area contributed by atoms with E-state index in [0.717, 1.165) is 11.3 Å². The molecule has 5 nitrogen and oxygen atoms in total. The van der Waals surface area contributed by atoms with E-state index in [9.17, 15) is 9.59 Å². The highest BCUT2D eigenvalue weighted by atomic mass is 35.5. The zero-order chi connectivity index (χ0) is 19.9. The topological polar surface area (TPSA) is 71.1 Å². The molecule has 0 bridgehead atoms. The molecule has 2 amide bonds. The first-order valence-corrected chi connectivity index (χ1v) is 9.24. The standard InChI is InChI=1S/C22H20ClN3O2/c1-15-8-7-13-20(24-15)26-21(27)14-19(16-9-3-2-4-10-16)25-22(28)17-11-5-6-12-18(17)23/h2-13,19H,14H2,1H3,(H,25,28)(H,24,26,27). The van der Waals surface area contributed by atoms with Gasteiger partial charge in [0, 0.05) is 5.69 Å². The second kappa shape index (κ2) is 9.15. The zero-order valence-electron chi connectivity index (χ0n) is 15.4. The number of aryl methyl sites for hydroxylation is 1. The average molecular weight is 394 g/mol. The second-order valence-corrected chi connectivity index (χ2v) is 6.74. The van der Waals surface area contributed by atoms with Crippen molar-refractivity contribution in [3.05, 3.63) is 94.6 Å². The van der Waals surface area contributed by atoms with Crippen LogP contribution in [-0.4, -0.2) is 16.8 Å². The maximum atomic E-state index is 12.7. The Kier molecular flexibility index (Phi) is 6.40. The number of carbonyl (C=O) groups excluding carboxylic acids is 2. The smallest absolute Gasteiger partial charge is 0.253 e. The van der Waals surface area contributed by atoms with E-state index >= 15 is 0 Å². The van der Waals surface area contributed by atoms with E-state index in [4.69, 9.17) is 11.6 Å². The van der Waals surface area contributed by atoms with Crippen molar-refractivity contribution in [2.75, 3.05) is 5.32 Å². The predicted octanol–water partition coefficient (Wildman–Crippen LogP) is 4.54. The lowest BCUT2D eigenvalue weighted by Crippen LogP contribution is -2.31. The molecule has 0 aliphatic rings. The largest absolute Gasteiger partial charge is 0.345 e. The molecule has 0 saturated heterocycles. The maximum absolute atomic E-state index is 12.7. The molecule has 2 aromatic carbocycles. The third-order valence-corrected chi connectivity index (χ3v) is 4.50. The zero-order valence-corrected chi connectivity index (χ0v) is 16.1. The summed E-state index contributed by atoms with van der Waals surface area (Å²) in [6, 6.07) is 21.1. The van der Waals surface area contributed by atoms with E-state index in [0.29, 0.717) is 16.4 Å². The first-order valence-electron chi connectivity index (χ1n) is 8.87. The van der Waals surface area contributed by atoms with Crippen LogP contribution in [0.2, 0.25) is 5.02 Å². The molecule has 0 radical (unpaired) electrons.